The molecule has 33 heavy (non-hydrogen) atoms. The predicted molar refractivity (Wildman–Crippen MR) is 154 cm³/mol. The highest BCUT2D eigenvalue weighted by atomic mass is 14.8. The molecular weight excluding hydrogens is 400 g/mol. The topological polar surface area (TPSA) is 27.8 Å². The number of hydrogen-bond donors (Lipinski definition) is 2. The summed E-state index contributed by atoms with van der Waals surface area (Å²) in [4.78, 5) is 3.51. The van der Waals surface area contributed by atoms with Crippen LogP contribution in [-0.2, 0) is 6.42 Å². The Labute approximate surface area is 205 Å². The number of hydrogen-bond acceptors (Lipinski definition) is 1. The quantitative estimate of drug-likeness (QED) is 0.258. The molecule has 0 aliphatic carbocycles. The Balaban J connectivity index is 0.00000189. The van der Waals surface area contributed by atoms with Gasteiger partial charge >= 0.3 is 0 Å². The molecule has 0 radical (unpaired) electrons. The summed E-state index contributed by atoms with van der Waals surface area (Å²) >= 11 is 0. The van der Waals surface area contributed by atoms with Crippen LogP contribution in [-0.4, -0.2) is 12.0 Å². The molecule has 2 heteroatoms. The first-order valence-electron chi connectivity index (χ1n) is 13.0. The van der Waals surface area contributed by atoms with Crippen LogP contribution in [0, 0.1) is 6.92 Å². The third kappa shape index (κ3) is 10.3. The fourth-order valence-corrected chi connectivity index (χ4v) is 3.64. The number of aromatic amines is 1. The molecule has 0 saturated heterocycles. The summed E-state index contributed by atoms with van der Waals surface area (Å²) in [7, 11) is 1.98. The van der Waals surface area contributed by atoms with Crippen molar-refractivity contribution in [2.24, 2.45) is 0 Å². The van der Waals surface area contributed by atoms with E-state index < -0.39 is 0 Å². The van der Waals surface area contributed by atoms with Crippen molar-refractivity contribution in [2.45, 2.75) is 93.4 Å². The summed E-state index contributed by atoms with van der Waals surface area (Å²) < 4.78 is 0. The molecule has 2 nitrogen and oxygen atoms in total. The maximum absolute atomic E-state index is 4.30. The van der Waals surface area contributed by atoms with Gasteiger partial charge in [0.2, 0.25) is 0 Å². The highest BCUT2D eigenvalue weighted by Gasteiger charge is 2.11. The number of H-pyrrole nitrogens is 1. The Kier molecular flexibility index (Phi) is 16.7. The Hall–Kier alpha value is -2.48. The first kappa shape index (κ1) is 30.5. The van der Waals surface area contributed by atoms with Crippen LogP contribution < -0.4 is 5.32 Å². The summed E-state index contributed by atoms with van der Waals surface area (Å²) in [6.45, 7) is 23.2. The zero-order valence-corrected chi connectivity index (χ0v) is 22.8. The fraction of sp³-hybridized carbons (Fsp3) is 0.484. The highest BCUT2D eigenvalue weighted by molar-refractivity contribution is 5.93. The van der Waals surface area contributed by atoms with Gasteiger partial charge in [-0.25, -0.2) is 0 Å². The van der Waals surface area contributed by atoms with E-state index in [1.165, 1.54) is 47.9 Å². The molecule has 2 N–H and O–H groups in total. The zero-order chi connectivity index (χ0) is 25.2. The number of aryl methyl sites for hydroxylation is 2. The molecule has 1 heterocycles. The van der Waals surface area contributed by atoms with Crippen LogP contribution in [0.2, 0.25) is 0 Å². The molecule has 0 amide bonds. The lowest BCUT2D eigenvalue weighted by Gasteiger charge is -2.13. The minimum absolute atomic E-state index is 1.01. The fourth-order valence-electron chi connectivity index (χ4n) is 3.64. The molecule has 184 valence electrons. The van der Waals surface area contributed by atoms with Gasteiger partial charge in [-0.1, -0.05) is 92.5 Å². The maximum atomic E-state index is 4.30. The van der Waals surface area contributed by atoms with Gasteiger partial charge in [-0.3, -0.25) is 0 Å². The van der Waals surface area contributed by atoms with Gasteiger partial charge in [-0.2, -0.15) is 0 Å². The summed E-state index contributed by atoms with van der Waals surface area (Å²) in [6, 6.07) is 8.93. The van der Waals surface area contributed by atoms with Crippen LogP contribution in [0.5, 0.6) is 0 Å². The molecule has 2 aromatic rings. The SMILES string of the molecule is C=C/C(=C\c1[nH]c(C)cc1C(=C)CCC)c1cc(CCCCC)ccc1NC.CC.CCC. The van der Waals surface area contributed by atoms with Crippen molar-refractivity contribution in [3.8, 4) is 0 Å². The van der Waals surface area contributed by atoms with E-state index in [0.29, 0.717) is 0 Å². The van der Waals surface area contributed by atoms with E-state index in [9.17, 15) is 0 Å². The second-order valence-electron chi connectivity index (χ2n) is 8.23. The summed E-state index contributed by atoms with van der Waals surface area (Å²) in [5.41, 5.74) is 9.50. The minimum atomic E-state index is 1.01. The Bertz CT molecular complexity index is 852. The molecular formula is C31H50N2. The number of benzene rings is 1. The van der Waals surface area contributed by atoms with E-state index in [2.05, 4.69) is 88.4 Å². The smallest absolute Gasteiger partial charge is 0.0464 e. The van der Waals surface area contributed by atoms with Crippen LogP contribution in [0.3, 0.4) is 0 Å². The van der Waals surface area contributed by atoms with E-state index in [4.69, 9.17) is 0 Å². The van der Waals surface area contributed by atoms with Gasteiger partial charge in [-0.05, 0) is 67.2 Å². The van der Waals surface area contributed by atoms with Crippen molar-refractivity contribution in [1.29, 1.82) is 0 Å². The van der Waals surface area contributed by atoms with E-state index in [1.54, 1.807) is 0 Å². The van der Waals surface area contributed by atoms with Gasteiger partial charge in [0.25, 0.3) is 0 Å². The number of aromatic nitrogens is 1. The third-order valence-corrected chi connectivity index (χ3v) is 5.17. The van der Waals surface area contributed by atoms with Crippen molar-refractivity contribution in [3.63, 3.8) is 0 Å². The average molecular weight is 451 g/mol. The molecule has 2 rings (SSSR count). The number of rotatable bonds is 11. The first-order chi connectivity index (χ1) is 15.9. The standard InChI is InChI=1S/C26H36N2.C3H8.C2H6/c1-7-10-11-13-21-14-15-25(27-6)24(17-21)22(9-3)18-26-23(16-20(5)28-26)19(4)12-8-2;1-3-2;1-2/h9,14-18,27-28H,3-4,7-8,10-13H2,1-2,5-6H3;3H2,1-2H3;1-2H3/b22-18+;;. The van der Waals surface area contributed by atoms with Crippen LogP contribution in [0.4, 0.5) is 5.69 Å². The monoisotopic (exact) mass is 450 g/mol. The van der Waals surface area contributed by atoms with Gasteiger partial charge in [0, 0.05) is 35.2 Å². The van der Waals surface area contributed by atoms with Gasteiger partial charge in [0.05, 0.1) is 0 Å². The second-order valence-corrected chi connectivity index (χ2v) is 8.23. The van der Waals surface area contributed by atoms with Crippen LogP contribution in [0.25, 0.3) is 17.2 Å². The molecule has 0 aliphatic rings. The maximum Gasteiger partial charge on any atom is 0.0464 e. The lowest BCUT2D eigenvalue weighted by Crippen LogP contribution is -1.97. The van der Waals surface area contributed by atoms with Crippen molar-refractivity contribution in [3.05, 3.63) is 71.6 Å². The zero-order valence-electron chi connectivity index (χ0n) is 22.8. The van der Waals surface area contributed by atoms with E-state index >= 15 is 0 Å². The van der Waals surface area contributed by atoms with E-state index in [-0.39, 0.29) is 0 Å². The third-order valence-electron chi connectivity index (χ3n) is 5.17. The minimum Gasteiger partial charge on any atom is -0.388 e. The number of unbranched alkanes of at least 4 members (excludes halogenated alkanes) is 2. The Morgan fingerprint density at radius 1 is 1.00 bits per heavy atom. The van der Waals surface area contributed by atoms with E-state index in [0.717, 1.165) is 41.9 Å². The lowest BCUT2D eigenvalue weighted by molar-refractivity contribution is 0.717. The number of anilines is 1. The highest BCUT2D eigenvalue weighted by Crippen LogP contribution is 2.31. The summed E-state index contributed by atoms with van der Waals surface area (Å²) in [5.74, 6) is 0. The molecule has 0 unspecified atom stereocenters. The Morgan fingerprint density at radius 2 is 1.67 bits per heavy atom. The van der Waals surface area contributed by atoms with Crippen LogP contribution >= 0.6 is 0 Å². The van der Waals surface area contributed by atoms with Gasteiger partial charge < -0.3 is 10.3 Å². The molecule has 1 aromatic carbocycles. The molecule has 0 aliphatic heterocycles. The van der Waals surface area contributed by atoms with Crippen molar-refractivity contribution < 1.29 is 0 Å². The predicted octanol–water partition coefficient (Wildman–Crippen LogP) is 10.1. The first-order valence-corrected chi connectivity index (χ1v) is 13.0. The molecule has 0 saturated carbocycles. The largest absolute Gasteiger partial charge is 0.388 e. The summed E-state index contributed by atoms with van der Waals surface area (Å²) in [5, 5.41) is 3.34. The van der Waals surface area contributed by atoms with Gasteiger partial charge in [-0.15, -0.1) is 0 Å². The normalized spacial score (nSPS) is 10.5. The molecule has 0 atom stereocenters. The second kappa shape index (κ2) is 18.0. The summed E-state index contributed by atoms with van der Waals surface area (Å²) in [6.07, 6.45) is 12.4. The Morgan fingerprint density at radius 3 is 2.21 bits per heavy atom. The molecule has 0 fully saturated rings. The molecule has 0 spiro atoms. The lowest BCUT2D eigenvalue weighted by atomic mass is 9.96. The van der Waals surface area contributed by atoms with Gasteiger partial charge in [0.15, 0.2) is 0 Å². The van der Waals surface area contributed by atoms with Crippen molar-refractivity contribution in [1.82, 2.24) is 4.98 Å². The molecule has 1 aromatic heterocycles. The van der Waals surface area contributed by atoms with Gasteiger partial charge in [0.1, 0.15) is 0 Å². The van der Waals surface area contributed by atoms with Crippen molar-refractivity contribution >= 4 is 22.9 Å². The van der Waals surface area contributed by atoms with Crippen molar-refractivity contribution in [2.75, 3.05) is 12.4 Å². The molecule has 0 bridgehead atoms. The van der Waals surface area contributed by atoms with Crippen LogP contribution in [0.1, 0.15) is 108 Å². The number of allylic oxidation sites excluding steroid dienone is 3. The van der Waals surface area contributed by atoms with Crippen LogP contribution in [0.15, 0.2) is 43.5 Å². The number of nitrogens with one attached hydrogen (secondary N) is 2. The van der Waals surface area contributed by atoms with E-state index in [1.807, 2.05) is 27.0 Å². The average Bonchev–Trinajstić information content (AvgIpc) is 3.20.